The maximum absolute atomic E-state index is 12.6. The number of halogens is 1. The van der Waals surface area contributed by atoms with E-state index in [9.17, 15) is 14.4 Å². The number of nitrogens with one attached hydrogen (secondary N) is 1. The van der Waals surface area contributed by atoms with Gasteiger partial charge in [-0.25, -0.2) is 0 Å². The zero-order chi connectivity index (χ0) is 23.8. The first-order chi connectivity index (χ1) is 15.9. The number of hydrogen-bond donors (Lipinski definition) is 1. The van der Waals surface area contributed by atoms with E-state index in [4.69, 9.17) is 16.3 Å². The number of para-hydroxylation sites is 1. The minimum Gasteiger partial charge on any atom is -0.496 e. The Kier molecular flexibility index (Phi) is 9.17. The molecule has 0 unspecified atom stereocenters. The Labute approximate surface area is 203 Å². The second kappa shape index (κ2) is 12.1. The first kappa shape index (κ1) is 25.1. The lowest BCUT2D eigenvalue weighted by Gasteiger charge is -2.34. The van der Waals surface area contributed by atoms with Gasteiger partial charge in [0.1, 0.15) is 5.75 Å². The molecule has 7 nitrogen and oxygen atoms in total. The van der Waals surface area contributed by atoms with Crippen LogP contribution in [0.25, 0.3) is 0 Å². The number of benzene rings is 2. The van der Waals surface area contributed by atoms with Crippen LogP contribution >= 0.6 is 23.4 Å². The Morgan fingerprint density at radius 3 is 2.48 bits per heavy atom. The molecule has 33 heavy (non-hydrogen) atoms. The molecule has 0 spiro atoms. The van der Waals surface area contributed by atoms with Crippen LogP contribution in [0.4, 0.5) is 5.69 Å². The third-order valence-electron chi connectivity index (χ3n) is 5.41. The van der Waals surface area contributed by atoms with Gasteiger partial charge in [-0.15, -0.1) is 11.8 Å². The SMILES string of the molecule is COc1ccc(C(C)=O)cc1CSCC(=O)N1CCN(CC(=O)Nc2ccccc2Cl)CC1. The Morgan fingerprint density at radius 2 is 1.82 bits per heavy atom. The van der Waals surface area contributed by atoms with Gasteiger partial charge in [-0.1, -0.05) is 23.7 Å². The largest absolute Gasteiger partial charge is 0.496 e. The number of anilines is 1. The molecule has 1 aliphatic heterocycles. The van der Waals surface area contributed by atoms with E-state index in [1.807, 2.05) is 28.0 Å². The van der Waals surface area contributed by atoms with Crippen LogP contribution in [0, 0.1) is 0 Å². The molecule has 1 N–H and O–H groups in total. The number of ether oxygens (including phenoxy) is 1. The maximum atomic E-state index is 12.6. The molecule has 0 aromatic heterocycles. The average Bonchev–Trinajstić information content (AvgIpc) is 2.80. The predicted octanol–water partition coefficient (Wildman–Crippen LogP) is 3.57. The quantitative estimate of drug-likeness (QED) is 0.542. The molecular formula is C24H28ClN3O4S. The number of carbonyl (C=O) groups excluding carboxylic acids is 3. The summed E-state index contributed by atoms with van der Waals surface area (Å²) in [6.45, 7) is 4.24. The van der Waals surface area contributed by atoms with E-state index in [-0.39, 0.29) is 24.1 Å². The van der Waals surface area contributed by atoms with Crippen molar-refractivity contribution in [3.8, 4) is 5.75 Å². The van der Waals surface area contributed by atoms with E-state index in [1.54, 1.807) is 31.4 Å². The highest BCUT2D eigenvalue weighted by Crippen LogP contribution is 2.25. The molecule has 3 rings (SSSR count). The van der Waals surface area contributed by atoms with E-state index >= 15 is 0 Å². The highest BCUT2D eigenvalue weighted by Gasteiger charge is 2.22. The van der Waals surface area contributed by atoms with Crippen molar-refractivity contribution < 1.29 is 19.1 Å². The molecule has 9 heteroatoms. The lowest BCUT2D eigenvalue weighted by atomic mass is 10.1. The van der Waals surface area contributed by atoms with Crippen LogP contribution in [0.2, 0.25) is 5.02 Å². The first-order valence-electron chi connectivity index (χ1n) is 10.7. The topological polar surface area (TPSA) is 79.0 Å². The van der Waals surface area contributed by atoms with Gasteiger partial charge in [0.05, 0.1) is 30.1 Å². The maximum Gasteiger partial charge on any atom is 0.238 e. The predicted molar refractivity (Wildman–Crippen MR) is 132 cm³/mol. The van der Waals surface area contributed by atoms with Gasteiger partial charge in [-0.05, 0) is 37.3 Å². The number of ketones is 1. The van der Waals surface area contributed by atoms with Crippen molar-refractivity contribution in [1.82, 2.24) is 9.80 Å². The van der Waals surface area contributed by atoms with Gasteiger partial charge in [0.25, 0.3) is 0 Å². The van der Waals surface area contributed by atoms with Crippen LogP contribution in [0.5, 0.6) is 5.75 Å². The fraction of sp³-hybridized carbons (Fsp3) is 0.375. The zero-order valence-corrected chi connectivity index (χ0v) is 20.4. The molecule has 2 aromatic carbocycles. The highest BCUT2D eigenvalue weighted by atomic mass is 35.5. The summed E-state index contributed by atoms with van der Waals surface area (Å²) in [6.07, 6.45) is 0. The number of Topliss-reactive ketones (excluding diaryl/α,β-unsaturated/α-hetero) is 1. The van der Waals surface area contributed by atoms with Gasteiger partial charge in [0.2, 0.25) is 11.8 Å². The Morgan fingerprint density at radius 1 is 1.09 bits per heavy atom. The van der Waals surface area contributed by atoms with Gasteiger partial charge in [0.15, 0.2) is 5.78 Å². The summed E-state index contributed by atoms with van der Waals surface area (Å²) in [6, 6.07) is 12.5. The molecule has 1 heterocycles. The summed E-state index contributed by atoms with van der Waals surface area (Å²) in [5.41, 5.74) is 2.13. The second-order valence-corrected chi connectivity index (χ2v) is 9.15. The molecule has 2 aromatic rings. The van der Waals surface area contributed by atoms with Gasteiger partial charge in [0, 0.05) is 43.1 Å². The molecule has 0 aliphatic carbocycles. The third-order valence-corrected chi connectivity index (χ3v) is 6.71. The molecule has 176 valence electrons. The Hall–Kier alpha value is -2.55. The fourth-order valence-corrected chi connectivity index (χ4v) is 4.65. The number of thioether (sulfide) groups is 1. The van der Waals surface area contributed by atoms with Crippen LogP contribution in [0.15, 0.2) is 42.5 Å². The van der Waals surface area contributed by atoms with E-state index in [0.29, 0.717) is 59.7 Å². The molecule has 0 bridgehead atoms. The van der Waals surface area contributed by atoms with Crippen molar-refractivity contribution in [2.24, 2.45) is 0 Å². The second-order valence-electron chi connectivity index (χ2n) is 7.76. The van der Waals surface area contributed by atoms with E-state index in [2.05, 4.69) is 5.32 Å². The van der Waals surface area contributed by atoms with Gasteiger partial charge in [-0.2, -0.15) is 0 Å². The van der Waals surface area contributed by atoms with Crippen molar-refractivity contribution in [3.63, 3.8) is 0 Å². The summed E-state index contributed by atoms with van der Waals surface area (Å²) >= 11 is 7.59. The van der Waals surface area contributed by atoms with Crippen molar-refractivity contribution in [2.75, 3.05) is 50.9 Å². The lowest BCUT2D eigenvalue weighted by Crippen LogP contribution is -2.50. The molecule has 1 fully saturated rings. The minimum atomic E-state index is -0.125. The smallest absolute Gasteiger partial charge is 0.238 e. The first-order valence-corrected chi connectivity index (χ1v) is 12.2. The fourth-order valence-electron chi connectivity index (χ4n) is 3.56. The summed E-state index contributed by atoms with van der Waals surface area (Å²) in [7, 11) is 1.59. The minimum absolute atomic E-state index is 0.00148. The third kappa shape index (κ3) is 7.22. The van der Waals surface area contributed by atoms with Crippen LogP contribution in [0.3, 0.4) is 0 Å². The molecular weight excluding hydrogens is 462 g/mol. The van der Waals surface area contributed by atoms with Crippen LogP contribution in [-0.4, -0.2) is 73.0 Å². The summed E-state index contributed by atoms with van der Waals surface area (Å²) in [4.78, 5) is 40.5. The lowest BCUT2D eigenvalue weighted by molar-refractivity contribution is -0.130. The van der Waals surface area contributed by atoms with Crippen molar-refractivity contribution in [1.29, 1.82) is 0 Å². The number of rotatable bonds is 9. The van der Waals surface area contributed by atoms with Crippen LogP contribution < -0.4 is 10.1 Å². The number of hydrogen-bond acceptors (Lipinski definition) is 6. The summed E-state index contributed by atoms with van der Waals surface area (Å²) < 4.78 is 5.38. The molecule has 2 amide bonds. The molecule has 0 atom stereocenters. The van der Waals surface area contributed by atoms with Gasteiger partial charge >= 0.3 is 0 Å². The summed E-state index contributed by atoms with van der Waals surface area (Å²) in [5, 5.41) is 3.33. The van der Waals surface area contributed by atoms with Crippen LogP contribution in [0.1, 0.15) is 22.8 Å². The van der Waals surface area contributed by atoms with Crippen molar-refractivity contribution in [2.45, 2.75) is 12.7 Å². The van der Waals surface area contributed by atoms with E-state index < -0.39 is 0 Å². The molecule has 0 radical (unpaired) electrons. The number of methoxy groups -OCH3 is 1. The van der Waals surface area contributed by atoms with Gasteiger partial charge in [-0.3, -0.25) is 19.3 Å². The highest BCUT2D eigenvalue weighted by molar-refractivity contribution is 7.99. The zero-order valence-electron chi connectivity index (χ0n) is 18.8. The monoisotopic (exact) mass is 489 g/mol. The number of carbonyl (C=O) groups is 3. The molecule has 1 aliphatic rings. The molecule has 0 saturated carbocycles. The number of nitrogens with zero attached hydrogens (tertiary/aromatic N) is 2. The standard InChI is InChI=1S/C24H28ClN3O4S/c1-17(29)18-7-8-22(32-2)19(13-18)15-33-16-24(31)28-11-9-27(10-12-28)14-23(30)26-21-6-4-3-5-20(21)25/h3-8,13H,9-12,14-16H2,1-2H3,(H,26,30). The average molecular weight is 490 g/mol. The normalized spacial score (nSPS) is 14.1. The molecule has 1 saturated heterocycles. The van der Waals surface area contributed by atoms with E-state index in [0.717, 1.165) is 5.56 Å². The summed E-state index contributed by atoms with van der Waals surface area (Å²) in [5.74, 6) is 1.59. The van der Waals surface area contributed by atoms with Crippen LogP contribution in [-0.2, 0) is 15.3 Å². The number of amides is 2. The Bertz CT molecular complexity index is 1010. The van der Waals surface area contributed by atoms with Crippen molar-refractivity contribution in [3.05, 3.63) is 58.6 Å². The van der Waals surface area contributed by atoms with Crippen molar-refractivity contribution >= 4 is 46.6 Å². The Balaban J connectivity index is 1.42. The van der Waals surface area contributed by atoms with Gasteiger partial charge < -0.3 is 15.0 Å². The van der Waals surface area contributed by atoms with E-state index in [1.165, 1.54) is 18.7 Å². The number of piperazine rings is 1.